The molecule has 0 bridgehead atoms. The number of phenols is 1. The molecule has 1 amide bonds. The zero-order valence-electron chi connectivity index (χ0n) is 48.8. The van der Waals surface area contributed by atoms with Gasteiger partial charge >= 0.3 is 94.7 Å². The number of nitro groups is 2. The molecular weight excluding hydrogens is 1300 g/mol. The second kappa shape index (κ2) is 50.0. The van der Waals surface area contributed by atoms with Crippen LogP contribution in [0.3, 0.4) is 0 Å². The Morgan fingerprint density at radius 2 is 0.804 bits per heavy atom. The molecule has 6 N–H and O–H groups in total. The van der Waals surface area contributed by atoms with Gasteiger partial charge < -0.3 is 68.6 Å². The number of aliphatic hydroxyl groups is 2. The van der Waals surface area contributed by atoms with Crippen LogP contribution in [0.5, 0.6) is 34.5 Å². The number of ether oxygens (including phenoxy) is 7. The third-order valence-electron chi connectivity index (χ3n) is 9.52. The maximum atomic E-state index is 11.6. The van der Waals surface area contributed by atoms with Crippen molar-refractivity contribution in [3.8, 4) is 34.5 Å². The van der Waals surface area contributed by atoms with E-state index < -0.39 is 65.5 Å². The topological polar surface area (TPSA) is 466 Å². The van der Waals surface area contributed by atoms with Crippen LogP contribution in [0, 0.1) is 20.2 Å². The molecule has 0 saturated carbocycles. The normalized spacial score (nSPS) is 9.66. The number of nitro benzene ring substituents is 2. The Kier molecular flexibility index (Phi) is 49.3. The van der Waals surface area contributed by atoms with Crippen LogP contribution in [0.2, 0.25) is 0 Å². The number of rotatable bonds is 20. The zero-order valence-corrected chi connectivity index (χ0v) is 55.2. The summed E-state index contributed by atoms with van der Waals surface area (Å²) in [5.74, 6) is -0.262. The van der Waals surface area contributed by atoms with Gasteiger partial charge in [-0.15, -0.1) is 0 Å². The Labute approximate surface area is 579 Å². The van der Waals surface area contributed by atoms with Crippen LogP contribution in [-0.4, -0.2) is 111 Å². The third kappa shape index (κ3) is 47.3. The number of aliphatic hydroxyl groups excluding tert-OH is 2. The molecule has 35 heteroatoms. The van der Waals surface area contributed by atoms with Gasteiger partial charge in [-0.05, 0) is 114 Å². The molecule has 0 atom stereocenters. The van der Waals surface area contributed by atoms with Crippen LogP contribution in [-0.2, 0) is 70.5 Å². The van der Waals surface area contributed by atoms with Gasteiger partial charge in [-0.1, -0.05) is 63.4 Å². The molecule has 6 aromatic carbocycles. The second-order valence-corrected chi connectivity index (χ2v) is 20.1. The molecular formula is C57H67ClN4Na2O26S2. The molecule has 492 valence electrons. The minimum atomic E-state index is -4.27. The molecule has 0 aromatic heterocycles. The van der Waals surface area contributed by atoms with Gasteiger partial charge in [0.15, 0.2) is 0 Å². The summed E-state index contributed by atoms with van der Waals surface area (Å²) >= 11 is 4.92. The molecule has 0 aliphatic rings. The van der Waals surface area contributed by atoms with Crippen LogP contribution in [0.1, 0.15) is 70.7 Å². The minimum absolute atomic E-state index is 0. The Hall–Kier alpha value is -7.67. The van der Waals surface area contributed by atoms with Gasteiger partial charge in [0, 0.05) is 74.7 Å². The number of aromatic hydroxyl groups is 1. The minimum Gasteiger partial charge on any atom is -0.748 e. The number of benzene rings is 6. The van der Waals surface area contributed by atoms with Crippen LogP contribution < -0.4 is 93.8 Å². The van der Waals surface area contributed by atoms with Gasteiger partial charge in [0.05, 0.1) is 43.3 Å². The van der Waals surface area contributed by atoms with E-state index in [0.717, 1.165) is 11.1 Å². The number of carbonyl (C=O) groups excluding carboxylic acids is 6. The van der Waals surface area contributed by atoms with E-state index in [1.54, 1.807) is 97.1 Å². The summed E-state index contributed by atoms with van der Waals surface area (Å²) in [6, 6.07) is 36.0. The molecule has 0 fully saturated rings. The number of carbonyl (C=O) groups is 6. The van der Waals surface area contributed by atoms with E-state index in [4.69, 9.17) is 61.1 Å². The summed E-state index contributed by atoms with van der Waals surface area (Å²) in [7, 11) is -8.28. The molecule has 30 nitrogen and oxygen atoms in total. The van der Waals surface area contributed by atoms with E-state index in [1.165, 1.54) is 69.3 Å². The number of nitrogens with zero attached hydrogens (tertiary/aromatic N) is 2. The van der Waals surface area contributed by atoms with Gasteiger partial charge in [0.25, 0.3) is 11.4 Å². The van der Waals surface area contributed by atoms with Gasteiger partial charge in [-0.2, -0.15) is 0 Å². The van der Waals surface area contributed by atoms with E-state index >= 15 is 0 Å². The van der Waals surface area contributed by atoms with Crippen molar-refractivity contribution in [3.63, 3.8) is 0 Å². The van der Waals surface area contributed by atoms with Crippen molar-refractivity contribution >= 4 is 78.8 Å². The van der Waals surface area contributed by atoms with Crippen molar-refractivity contribution in [1.82, 2.24) is 5.32 Å². The summed E-state index contributed by atoms with van der Waals surface area (Å²) in [6.07, 6.45) is -1.37. The van der Waals surface area contributed by atoms with Crippen LogP contribution in [0.15, 0.2) is 146 Å². The predicted molar refractivity (Wildman–Crippen MR) is 321 cm³/mol. The van der Waals surface area contributed by atoms with Crippen molar-refractivity contribution in [2.24, 2.45) is 5.73 Å². The van der Waals surface area contributed by atoms with E-state index in [9.17, 15) is 74.9 Å². The van der Waals surface area contributed by atoms with Crippen molar-refractivity contribution in [3.05, 3.63) is 188 Å². The first-order valence-corrected chi connectivity index (χ1v) is 28.4. The van der Waals surface area contributed by atoms with E-state index in [0.29, 0.717) is 28.4 Å². The zero-order chi connectivity index (χ0) is 66.2. The standard InChI is InChI=1S/C16H13NO7.C13H17NO7S.C9H10O3.C7H4ClNO4.C7H8O2.C3H9NO3S.2CH4.2Na/c1-11(18)23-14-6-2-12(3-7-14)10-22-16(19)24-15-8-4-13(5-9-15)17(20)21;1-10(15)21-12-5-3-11(4-6-12)9-20-13(16)14-7-2-8-22(17,18)19;1-7(11)12-9-4-2-8(6-10)3-5-9;8-7(10)13-6-3-1-5(2-4-6)9(11)12;8-5-6-1-3-7(9)4-2-6;4-2-1-3-8(5,6)7;;;;/h2-9H,10H2,1H3;3-6H,2,7-9H2,1H3,(H,14,16)(H,17,18,19);2-5,10H,6H2,1H3;1-4H;1-4,8-9H,5H2;1-4H2,(H,5,6,7);2*1H4;;/q;;;;;;;;2*+1/p-2. The van der Waals surface area contributed by atoms with Crippen molar-refractivity contribution in [2.45, 2.75) is 74.9 Å². The Morgan fingerprint density at radius 1 is 0.500 bits per heavy atom. The summed E-state index contributed by atoms with van der Waals surface area (Å²) in [5, 5.41) is 49.1. The number of hydrogen-bond acceptors (Lipinski definition) is 27. The number of non-ortho nitro benzene ring substituents is 2. The second-order valence-electron chi connectivity index (χ2n) is 16.7. The van der Waals surface area contributed by atoms with E-state index in [-0.39, 0.29) is 167 Å². The first kappa shape index (κ1) is 90.7. The molecule has 0 spiro atoms. The first-order chi connectivity index (χ1) is 41.4. The van der Waals surface area contributed by atoms with Crippen LogP contribution in [0.25, 0.3) is 0 Å². The number of esters is 3. The average Bonchev–Trinajstić information content (AvgIpc) is 3.56. The Balaban J connectivity index is -0.000000523. The average molecular weight is 1370 g/mol. The number of amides is 1. The van der Waals surface area contributed by atoms with Crippen LogP contribution >= 0.6 is 11.6 Å². The largest absolute Gasteiger partial charge is 1.00 e. The summed E-state index contributed by atoms with van der Waals surface area (Å²) in [5.41, 5.74) is 6.74. The molecule has 6 aromatic rings. The Bertz CT molecular complexity index is 3390. The fourth-order valence-electron chi connectivity index (χ4n) is 5.60. The van der Waals surface area contributed by atoms with Gasteiger partial charge in [0.2, 0.25) is 0 Å². The molecule has 0 heterocycles. The Morgan fingerprint density at radius 3 is 1.11 bits per heavy atom. The van der Waals surface area contributed by atoms with Crippen molar-refractivity contribution in [1.29, 1.82) is 0 Å². The quantitative estimate of drug-likeness (QED) is 0.00843. The molecule has 0 radical (unpaired) electrons. The monoisotopic (exact) mass is 1370 g/mol. The fraction of sp³-hybridized carbons (Fsp3) is 0.263. The van der Waals surface area contributed by atoms with Gasteiger partial charge in [-0.25, -0.2) is 31.2 Å². The van der Waals surface area contributed by atoms with Gasteiger partial charge in [-0.3, -0.25) is 34.6 Å². The maximum absolute atomic E-state index is 11.6. The molecule has 6 rings (SSSR count). The molecule has 0 aliphatic carbocycles. The molecule has 0 saturated heterocycles. The summed E-state index contributed by atoms with van der Waals surface area (Å²) in [6.45, 7) is 4.22. The number of alkyl carbamates (subject to hydrolysis) is 1. The number of phenolic OH excluding ortho intramolecular Hbond substituents is 1. The number of nitrogens with one attached hydrogen (secondary N) is 1. The molecule has 92 heavy (non-hydrogen) atoms. The molecule has 0 aliphatic heterocycles. The number of halogens is 1. The maximum Gasteiger partial charge on any atom is 1.00 e. The predicted octanol–water partition coefficient (Wildman–Crippen LogP) is 2.49. The van der Waals surface area contributed by atoms with Gasteiger partial charge in [0.1, 0.15) is 47.7 Å². The van der Waals surface area contributed by atoms with Crippen molar-refractivity contribution in [2.75, 3.05) is 24.6 Å². The number of nitrogens with two attached hydrogens (primary N) is 1. The third-order valence-corrected chi connectivity index (χ3v) is 11.2. The summed E-state index contributed by atoms with van der Waals surface area (Å²) < 4.78 is 94.1. The first-order valence-electron chi connectivity index (χ1n) is 24.9. The van der Waals surface area contributed by atoms with Crippen molar-refractivity contribution < 1.29 is 172 Å². The summed E-state index contributed by atoms with van der Waals surface area (Å²) in [4.78, 5) is 84.8. The number of hydrogen-bond donors (Lipinski definition) is 5. The van der Waals surface area contributed by atoms with E-state index in [2.05, 4.69) is 10.1 Å². The van der Waals surface area contributed by atoms with Crippen LogP contribution in [0.4, 0.5) is 25.8 Å². The smallest absolute Gasteiger partial charge is 0.748 e. The SMILES string of the molecule is C.C.CC(=O)Oc1ccc(CO)cc1.CC(=O)Oc1ccc(COC(=O)NCCCS(=O)(=O)[O-])cc1.CC(=O)Oc1ccc(COC(=O)Oc2ccc([N+](=O)[O-])cc2)cc1.NCCCS(=O)(=O)[O-].O=C(Cl)Oc1ccc([N+](=O)[O-])cc1.OCc1ccc(O)cc1.[Na+].[Na+]. The molecule has 0 unspecified atom stereocenters. The fourth-order valence-corrected chi connectivity index (χ4v) is 6.71. The van der Waals surface area contributed by atoms with E-state index in [1.807, 2.05) is 0 Å².